The van der Waals surface area contributed by atoms with Gasteiger partial charge in [0.2, 0.25) is 0 Å². The van der Waals surface area contributed by atoms with Crippen molar-refractivity contribution in [3.63, 3.8) is 0 Å². The van der Waals surface area contributed by atoms with Gasteiger partial charge in [0.15, 0.2) is 17.4 Å². The van der Waals surface area contributed by atoms with Gasteiger partial charge in [-0.3, -0.25) is 4.79 Å². The zero-order valence-electron chi connectivity index (χ0n) is 13.1. The number of fused-ring (bicyclic) bond motifs is 3. The highest BCUT2D eigenvalue weighted by atomic mass is 19.2. The standard InChI is InChI=1S/C18H18F2N2O2/c19-13-2-1-12(9-14(13)20)16-3-4-17(24-16)18(23)21-15-10-22-7-5-11(15)6-8-22/h1-4,9,11,15H,5-8,10H2,(H,21,23)/t15-/m0/s1. The van der Waals surface area contributed by atoms with Crippen LogP contribution in [0.1, 0.15) is 23.4 Å². The van der Waals surface area contributed by atoms with E-state index in [1.165, 1.54) is 6.07 Å². The Balaban J connectivity index is 1.48. The third-order valence-corrected chi connectivity index (χ3v) is 5.01. The molecule has 0 radical (unpaired) electrons. The number of furan rings is 1. The molecular formula is C18H18F2N2O2. The van der Waals surface area contributed by atoms with E-state index >= 15 is 0 Å². The fraction of sp³-hybridized carbons (Fsp3) is 0.389. The van der Waals surface area contributed by atoms with Gasteiger partial charge in [-0.05, 0) is 62.2 Å². The van der Waals surface area contributed by atoms with Crippen molar-refractivity contribution >= 4 is 5.91 Å². The van der Waals surface area contributed by atoms with Crippen LogP contribution < -0.4 is 5.32 Å². The smallest absolute Gasteiger partial charge is 0.287 e. The van der Waals surface area contributed by atoms with Crippen molar-refractivity contribution in [1.82, 2.24) is 10.2 Å². The summed E-state index contributed by atoms with van der Waals surface area (Å²) >= 11 is 0. The third kappa shape index (κ3) is 2.82. The molecule has 1 amide bonds. The van der Waals surface area contributed by atoms with Gasteiger partial charge >= 0.3 is 0 Å². The molecule has 0 saturated carbocycles. The first-order valence-electron chi connectivity index (χ1n) is 8.18. The first-order valence-corrected chi connectivity index (χ1v) is 8.18. The number of hydrogen-bond acceptors (Lipinski definition) is 3. The highest BCUT2D eigenvalue weighted by Crippen LogP contribution is 2.28. The van der Waals surface area contributed by atoms with Crippen LogP contribution in [-0.2, 0) is 0 Å². The number of rotatable bonds is 3. The van der Waals surface area contributed by atoms with Crippen molar-refractivity contribution < 1.29 is 18.0 Å². The van der Waals surface area contributed by atoms with Gasteiger partial charge in [-0.2, -0.15) is 0 Å². The molecule has 5 rings (SSSR count). The van der Waals surface area contributed by atoms with E-state index in [-0.39, 0.29) is 17.7 Å². The second-order valence-corrected chi connectivity index (χ2v) is 6.51. The van der Waals surface area contributed by atoms with E-state index in [0.29, 0.717) is 17.2 Å². The van der Waals surface area contributed by atoms with E-state index in [1.54, 1.807) is 12.1 Å². The number of benzene rings is 1. The molecule has 126 valence electrons. The number of piperidine rings is 3. The van der Waals surface area contributed by atoms with Crippen LogP contribution in [0.4, 0.5) is 8.78 Å². The Morgan fingerprint density at radius 1 is 1.12 bits per heavy atom. The van der Waals surface area contributed by atoms with Crippen LogP contribution in [0.25, 0.3) is 11.3 Å². The molecule has 0 aliphatic carbocycles. The average molecular weight is 332 g/mol. The van der Waals surface area contributed by atoms with Crippen molar-refractivity contribution in [2.75, 3.05) is 19.6 Å². The molecule has 6 heteroatoms. The molecule has 3 fully saturated rings. The Morgan fingerprint density at radius 2 is 1.92 bits per heavy atom. The van der Waals surface area contributed by atoms with E-state index in [9.17, 15) is 13.6 Å². The second-order valence-electron chi connectivity index (χ2n) is 6.51. The lowest BCUT2D eigenvalue weighted by Crippen LogP contribution is -2.57. The van der Waals surface area contributed by atoms with Crippen molar-refractivity contribution in [1.29, 1.82) is 0 Å². The lowest BCUT2D eigenvalue weighted by atomic mass is 9.84. The molecule has 4 heterocycles. The number of hydrogen-bond donors (Lipinski definition) is 1. The molecule has 2 aromatic rings. The van der Waals surface area contributed by atoms with Crippen LogP contribution in [0.15, 0.2) is 34.7 Å². The van der Waals surface area contributed by atoms with E-state index in [1.807, 2.05) is 0 Å². The molecular weight excluding hydrogens is 314 g/mol. The maximum atomic E-state index is 13.3. The molecule has 24 heavy (non-hydrogen) atoms. The number of nitrogens with zero attached hydrogens (tertiary/aromatic N) is 1. The number of amides is 1. The SMILES string of the molecule is O=C(N[C@H]1CN2CCC1CC2)c1ccc(-c2ccc(F)c(F)c2)o1. The number of halogens is 2. The summed E-state index contributed by atoms with van der Waals surface area (Å²) in [5.41, 5.74) is 0.399. The Kier molecular flexibility index (Phi) is 3.84. The largest absolute Gasteiger partial charge is 0.451 e. The Hall–Kier alpha value is -2.21. The minimum absolute atomic E-state index is 0.150. The van der Waals surface area contributed by atoms with E-state index in [2.05, 4.69) is 10.2 Å². The highest BCUT2D eigenvalue weighted by Gasteiger charge is 2.35. The van der Waals surface area contributed by atoms with Crippen molar-refractivity contribution in [3.8, 4) is 11.3 Å². The molecule has 0 spiro atoms. The predicted molar refractivity (Wildman–Crippen MR) is 84.5 cm³/mol. The summed E-state index contributed by atoms with van der Waals surface area (Å²) in [5.74, 6) is -1.06. The van der Waals surface area contributed by atoms with Gasteiger partial charge in [-0.15, -0.1) is 0 Å². The second kappa shape index (κ2) is 6.02. The summed E-state index contributed by atoms with van der Waals surface area (Å²) < 4.78 is 31.9. The maximum Gasteiger partial charge on any atom is 0.287 e. The molecule has 1 aromatic carbocycles. The Bertz CT molecular complexity index is 766. The predicted octanol–water partition coefficient (Wildman–Crippen LogP) is 3.05. The van der Waals surface area contributed by atoms with Crippen LogP contribution >= 0.6 is 0 Å². The van der Waals surface area contributed by atoms with Gasteiger partial charge in [0.05, 0.1) is 0 Å². The maximum absolute atomic E-state index is 13.3. The van der Waals surface area contributed by atoms with E-state index in [4.69, 9.17) is 4.42 Å². The number of carbonyl (C=O) groups excluding carboxylic acids is 1. The summed E-state index contributed by atoms with van der Waals surface area (Å²) in [4.78, 5) is 14.8. The van der Waals surface area contributed by atoms with Gasteiger partial charge in [-0.25, -0.2) is 8.78 Å². The van der Waals surface area contributed by atoms with Crippen molar-refractivity contribution in [3.05, 3.63) is 47.7 Å². The molecule has 1 aromatic heterocycles. The fourth-order valence-electron chi connectivity index (χ4n) is 3.63. The van der Waals surface area contributed by atoms with Gasteiger partial charge in [0.25, 0.3) is 5.91 Å². The summed E-state index contributed by atoms with van der Waals surface area (Å²) in [6.45, 7) is 3.10. The van der Waals surface area contributed by atoms with Gasteiger partial charge in [0.1, 0.15) is 5.76 Å². The minimum atomic E-state index is -0.942. The molecule has 2 bridgehead atoms. The molecule has 1 atom stereocenters. The monoisotopic (exact) mass is 332 g/mol. The average Bonchev–Trinajstić information content (AvgIpc) is 3.09. The quantitative estimate of drug-likeness (QED) is 0.940. The normalized spacial score (nSPS) is 25.7. The van der Waals surface area contributed by atoms with Crippen LogP contribution in [0.3, 0.4) is 0 Å². The Labute approximate surface area is 138 Å². The minimum Gasteiger partial charge on any atom is -0.451 e. The fourth-order valence-corrected chi connectivity index (χ4v) is 3.63. The molecule has 3 aliphatic rings. The molecule has 0 unspecified atom stereocenters. The summed E-state index contributed by atoms with van der Waals surface area (Å²) in [6, 6.07) is 6.83. The zero-order valence-corrected chi connectivity index (χ0v) is 13.1. The van der Waals surface area contributed by atoms with Gasteiger partial charge in [0, 0.05) is 18.2 Å². The molecule has 4 nitrogen and oxygen atoms in total. The van der Waals surface area contributed by atoms with Gasteiger partial charge < -0.3 is 14.6 Å². The molecule has 3 saturated heterocycles. The summed E-state index contributed by atoms with van der Waals surface area (Å²) in [7, 11) is 0. The topological polar surface area (TPSA) is 45.5 Å². The summed E-state index contributed by atoms with van der Waals surface area (Å²) in [6.07, 6.45) is 2.23. The molecule has 1 N–H and O–H groups in total. The lowest BCUT2D eigenvalue weighted by Gasteiger charge is -2.44. The van der Waals surface area contributed by atoms with Crippen LogP contribution in [-0.4, -0.2) is 36.5 Å². The first-order chi connectivity index (χ1) is 11.6. The zero-order chi connectivity index (χ0) is 16.7. The summed E-state index contributed by atoms with van der Waals surface area (Å²) in [5, 5.41) is 3.04. The van der Waals surface area contributed by atoms with E-state index < -0.39 is 11.6 Å². The van der Waals surface area contributed by atoms with Crippen LogP contribution in [0.2, 0.25) is 0 Å². The van der Waals surface area contributed by atoms with Gasteiger partial charge in [-0.1, -0.05) is 0 Å². The molecule has 3 aliphatic heterocycles. The van der Waals surface area contributed by atoms with Crippen LogP contribution in [0.5, 0.6) is 0 Å². The third-order valence-electron chi connectivity index (χ3n) is 5.01. The van der Waals surface area contributed by atoms with E-state index in [0.717, 1.165) is 44.6 Å². The Morgan fingerprint density at radius 3 is 2.58 bits per heavy atom. The highest BCUT2D eigenvalue weighted by molar-refractivity contribution is 5.92. The van der Waals surface area contributed by atoms with Crippen LogP contribution in [0, 0.1) is 17.6 Å². The van der Waals surface area contributed by atoms with Crippen molar-refractivity contribution in [2.45, 2.75) is 18.9 Å². The number of carbonyl (C=O) groups is 1. The lowest BCUT2D eigenvalue weighted by molar-refractivity contribution is 0.0606. The number of nitrogens with one attached hydrogen (secondary N) is 1. The van der Waals surface area contributed by atoms with Crippen molar-refractivity contribution in [2.24, 2.45) is 5.92 Å². The first kappa shape index (κ1) is 15.3.